The fraction of sp³-hybridized carbons (Fsp3) is 0.192. The molecule has 0 radical (unpaired) electrons. The molecule has 0 aliphatic carbocycles. The summed E-state index contributed by atoms with van der Waals surface area (Å²) in [6, 6.07) is 27.4. The van der Waals surface area contributed by atoms with Crippen LogP contribution in [0.4, 0.5) is 5.69 Å². The van der Waals surface area contributed by atoms with Gasteiger partial charge in [0.05, 0.1) is 0 Å². The monoisotopic (exact) mass is 398 g/mol. The van der Waals surface area contributed by atoms with Crippen LogP contribution in [0.2, 0.25) is 0 Å². The lowest BCUT2D eigenvalue weighted by Gasteiger charge is -2.10. The number of benzene rings is 3. The Kier molecular flexibility index (Phi) is 6.14. The lowest BCUT2D eigenvalue weighted by Crippen LogP contribution is -2.02. The number of nitrogens with zero attached hydrogens (tertiary/aromatic N) is 1. The molecular formula is C26H26N2O2. The molecule has 4 nitrogen and oxygen atoms in total. The number of fused-ring (bicyclic) bond motifs is 1. The van der Waals surface area contributed by atoms with Crippen molar-refractivity contribution in [3.05, 3.63) is 102 Å². The summed E-state index contributed by atoms with van der Waals surface area (Å²) in [4.78, 5) is 10.7. The van der Waals surface area contributed by atoms with Gasteiger partial charge in [0.15, 0.2) is 0 Å². The van der Waals surface area contributed by atoms with E-state index < -0.39 is 5.97 Å². The van der Waals surface area contributed by atoms with Crippen LogP contribution in [0.1, 0.15) is 23.1 Å². The third kappa shape index (κ3) is 5.09. The maximum absolute atomic E-state index is 10.7. The van der Waals surface area contributed by atoms with Crippen molar-refractivity contribution < 1.29 is 9.90 Å². The summed E-state index contributed by atoms with van der Waals surface area (Å²) in [5, 5.41) is 13.5. The van der Waals surface area contributed by atoms with Crippen molar-refractivity contribution in [2.24, 2.45) is 0 Å². The molecule has 1 aromatic heterocycles. The van der Waals surface area contributed by atoms with Gasteiger partial charge in [-0.15, -0.1) is 0 Å². The molecule has 152 valence electrons. The van der Waals surface area contributed by atoms with Gasteiger partial charge < -0.3 is 15.0 Å². The van der Waals surface area contributed by atoms with Crippen molar-refractivity contribution in [3.8, 4) is 0 Å². The lowest BCUT2D eigenvalue weighted by atomic mass is 10.1. The average Bonchev–Trinajstić information content (AvgIpc) is 3.18. The molecule has 1 heterocycles. The van der Waals surface area contributed by atoms with Gasteiger partial charge in [0.25, 0.3) is 0 Å². The fourth-order valence-corrected chi connectivity index (χ4v) is 3.67. The van der Waals surface area contributed by atoms with Gasteiger partial charge in [0.1, 0.15) is 0 Å². The molecule has 0 unspecified atom stereocenters. The summed E-state index contributed by atoms with van der Waals surface area (Å²) in [5.41, 5.74) is 5.92. The van der Waals surface area contributed by atoms with Crippen LogP contribution in [-0.4, -0.2) is 15.6 Å². The quantitative estimate of drug-likeness (QED) is 0.391. The van der Waals surface area contributed by atoms with Crippen molar-refractivity contribution in [2.45, 2.75) is 32.4 Å². The number of carboxylic acid groups (broad SMARTS) is 1. The molecule has 0 spiro atoms. The summed E-state index contributed by atoms with van der Waals surface area (Å²) in [5.74, 6) is -0.763. The number of nitrogens with one attached hydrogen (secondary N) is 1. The zero-order chi connectivity index (χ0) is 20.8. The minimum atomic E-state index is -0.763. The van der Waals surface area contributed by atoms with E-state index in [9.17, 15) is 4.79 Å². The number of carbonyl (C=O) groups is 1. The van der Waals surface area contributed by atoms with E-state index in [2.05, 4.69) is 70.7 Å². The van der Waals surface area contributed by atoms with Gasteiger partial charge in [-0.3, -0.25) is 4.79 Å². The van der Waals surface area contributed by atoms with Crippen LogP contribution in [0, 0.1) is 0 Å². The van der Waals surface area contributed by atoms with Gasteiger partial charge in [0.2, 0.25) is 0 Å². The summed E-state index contributed by atoms with van der Waals surface area (Å²) < 4.78 is 2.32. The Morgan fingerprint density at radius 1 is 0.833 bits per heavy atom. The van der Waals surface area contributed by atoms with E-state index in [1.54, 1.807) is 0 Å². The molecule has 0 amide bonds. The first-order valence-electron chi connectivity index (χ1n) is 10.3. The van der Waals surface area contributed by atoms with Gasteiger partial charge in [-0.2, -0.15) is 0 Å². The molecule has 0 aliphatic heterocycles. The third-order valence-electron chi connectivity index (χ3n) is 5.40. The molecule has 0 fully saturated rings. The van der Waals surface area contributed by atoms with Gasteiger partial charge in [-0.25, -0.2) is 0 Å². The Bertz CT molecular complexity index is 1110. The highest BCUT2D eigenvalue weighted by molar-refractivity contribution is 5.81. The van der Waals surface area contributed by atoms with Crippen LogP contribution in [0.15, 0.2) is 85.1 Å². The van der Waals surface area contributed by atoms with Crippen molar-refractivity contribution in [1.29, 1.82) is 0 Å². The highest BCUT2D eigenvalue weighted by atomic mass is 16.4. The molecule has 4 rings (SSSR count). The molecule has 0 bridgehead atoms. The number of rotatable bonds is 9. The van der Waals surface area contributed by atoms with Crippen LogP contribution in [0.3, 0.4) is 0 Å². The second kappa shape index (κ2) is 9.31. The maximum Gasteiger partial charge on any atom is 0.303 e. The standard InChI is InChI=1S/C26H26N2O2/c29-26(30)13-9-21-7-11-24(12-8-21)27-19-22-6-10-23-15-17-28(25(23)18-22)16-14-20-4-2-1-3-5-20/h1-8,10-12,15,17-18,27H,9,13-14,16,19H2,(H,29,30). The molecule has 0 atom stereocenters. The largest absolute Gasteiger partial charge is 0.481 e. The Balaban J connectivity index is 1.39. The Morgan fingerprint density at radius 3 is 2.33 bits per heavy atom. The van der Waals surface area contributed by atoms with Crippen molar-refractivity contribution >= 4 is 22.6 Å². The van der Waals surface area contributed by atoms with E-state index >= 15 is 0 Å². The first-order chi connectivity index (χ1) is 14.7. The summed E-state index contributed by atoms with van der Waals surface area (Å²) in [6.07, 6.45) is 3.91. The van der Waals surface area contributed by atoms with Gasteiger partial charge in [-0.1, -0.05) is 54.6 Å². The van der Waals surface area contributed by atoms with Crippen LogP contribution >= 0.6 is 0 Å². The Hall–Kier alpha value is -3.53. The summed E-state index contributed by atoms with van der Waals surface area (Å²) in [7, 11) is 0. The predicted octanol–water partition coefficient (Wildman–Crippen LogP) is 5.51. The number of hydrogen-bond acceptors (Lipinski definition) is 2. The van der Waals surface area contributed by atoms with E-state index in [1.165, 1.54) is 22.0 Å². The van der Waals surface area contributed by atoms with E-state index in [-0.39, 0.29) is 6.42 Å². The van der Waals surface area contributed by atoms with Crippen LogP contribution < -0.4 is 5.32 Å². The number of carboxylic acids is 1. The zero-order valence-corrected chi connectivity index (χ0v) is 16.9. The molecule has 3 aromatic carbocycles. The van der Waals surface area contributed by atoms with E-state index in [1.807, 2.05) is 24.3 Å². The molecular weight excluding hydrogens is 372 g/mol. The van der Waals surface area contributed by atoms with Crippen molar-refractivity contribution in [1.82, 2.24) is 4.57 Å². The SMILES string of the molecule is O=C(O)CCc1ccc(NCc2ccc3ccn(CCc4ccccc4)c3c2)cc1. The Labute approximate surface area is 176 Å². The molecule has 0 saturated carbocycles. The smallest absolute Gasteiger partial charge is 0.303 e. The normalized spacial score (nSPS) is 10.9. The fourth-order valence-electron chi connectivity index (χ4n) is 3.67. The number of aliphatic carboxylic acids is 1. The van der Waals surface area contributed by atoms with Gasteiger partial charge in [-0.05, 0) is 59.2 Å². The van der Waals surface area contributed by atoms with Crippen LogP contribution in [0.5, 0.6) is 0 Å². The third-order valence-corrected chi connectivity index (χ3v) is 5.40. The molecule has 30 heavy (non-hydrogen) atoms. The number of anilines is 1. The molecule has 2 N–H and O–H groups in total. The second-order valence-electron chi connectivity index (χ2n) is 7.58. The molecule has 4 heteroatoms. The predicted molar refractivity (Wildman–Crippen MR) is 122 cm³/mol. The first kappa shape index (κ1) is 19.8. The molecule has 0 aliphatic rings. The second-order valence-corrected chi connectivity index (χ2v) is 7.58. The number of aryl methyl sites for hydroxylation is 3. The minimum absolute atomic E-state index is 0.163. The molecule has 4 aromatic rings. The van der Waals surface area contributed by atoms with E-state index in [0.717, 1.165) is 30.8 Å². The summed E-state index contributed by atoms with van der Waals surface area (Å²) >= 11 is 0. The lowest BCUT2D eigenvalue weighted by molar-refractivity contribution is -0.136. The first-order valence-corrected chi connectivity index (χ1v) is 10.3. The number of aromatic nitrogens is 1. The highest BCUT2D eigenvalue weighted by Gasteiger charge is 2.04. The zero-order valence-electron chi connectivity index (χ0n) is 16.9. The van der Waals surface area contributed by atoms with Gasteiger partial charge in [0, 0.05) is 36.9 Å². The van der Waals surface area contributed by atoms with Crippen molar-refractivity contribution in [3.63, 3.8) is 0 Å². The topological polar surface area (TPSA) is 54.3 Å². The van der Waals surface area contributed by atoms with E-state index in [4.69, 9.17) is 5.11 Å². The van der Waals surface area contributed by atoms with Crippen LogP contribution in [-0.2, 0) is 30.7 Å². The van der Waals surface area contributed by atoms with E-state index in [0.29, 0.717) is 6.42 Å². The Morgan fingerprint density at radius 2 is 1.57 bits per heavy atom. The average molecular weight is 399 g/mol. The highest BCUT2D eigenvalue weighted by Crippen LogP contribution is 2.20. The minimum Gasteiger partial charge on any atom is -0.481 e. The van der Waals surface area contributed by atoms with Crippen LogP contribution in [0.25, 0.3) is 10.9 Å². The number of hydrogen-bond donors (Lipinski definition) is 2. The summed E-state index contributed by atoms with van der Waals surface area (Å²) in [6.45, 7) is 1.70. The van der Waals surface area contributed by atoms with Gasteiger partial charge >= 0.3 is 5.97 Å². The maximum atomic E-state index is 10.7. The van der Waals surface area contributed by atoms with Crippen molar-refractivity contribution in [2.75, 3.05) is 5.32 Å². The molecule has 0 saturated heterocycles.